The van der Waals surface area contributed by atoms with Gasteiger partial charge in [0, 0.05) is 36.1 Å². The number of halogens is 2. The van der Waals surface area contributed by atoms with Gasteiger partial charge in [-0.25, -0.2) is 4.39 Å². The zero-order valence-corrected chi connectivity index (χ0v) is 22.5. The number of likely N-dealkylation sites (N-methyl/N-ethyl adjacent to an activating group) is 1. The molecule has 0 atom stereocenters. The molecule has 1 amide bonds. The molecule has 0 saturated heterocycles. The van der Waals surface area contributed by atoms with Gasteiger partial charge in [0.1, 0.15) is 12.4 Å². The first-order valence-corrected chi connectivity index (χ1v) is 13.5. The molecule has 0 aliphatic heterocycles. The molecule has 4 aromatic rings. The van der Waals surface area contributed by atoms with Gasteiger partial charge in [-0.1, -0.05) is 71.9 Å². The van der Waals surface area contributed by atoms with Crippen LogP contribution in [0.5, 0.6) is 0 Å². The first-order valence-electron chi connectivity index (χ1n) is 12.1. The summed E-state index contributed by atoms with van der Waals surface area (Å²) in [6.07, 6.45) is 2.04. The zero-order valence-electron chi connectivity index (χ0n) is 20.9. The van der Waals surface area contributed by atoms with Crippen LogP contribution in [0.4, 0.5) is 4.39 Å². The summed E-state index contributed by atoms with van der Waals surface area (Å²) in [4.78, 5) is 31.5. The molecular formula is C29H28ClFN4O2S. The monoisotopic (exact) mass is 550 g/mol. The average Bonchev–Trinajstić information content (AvgIpc) is 2.91. The van der Waals surface area contributed by atoms with Crippen LogP contribution in [0, 0.1) is 5.82 Å². The van der Waals surface area contributed by atoms with Gasteiger partial charge in [0.2, 0.25) is 5.91 Å². The lowest BCUT2D eigenvalue weighted by molar-refractivity contribution is -0.131. The Morgan fingerprint density at radius 3 is 2.24 bits per heavy atom. The highest BCUT2D eigenvalue weighted by atomic mass is 35.5. The van der Waals surface area contributed by atoms with Crippen molar-refractivity contribution in [2.45, 2.75) is 30.4 Å². The Bertz CT molecular complexity index is 1440. The molecule has 0 radical (unpaired) electrons. The fraction of sp³-hybridized carbons (Fsp3) is 0.207. The minimum atomic E-state index is -0.352. The number of benzene rings is 3. The molecule has 0 saturated carbocycles. The minimum absolute atomic E-state index is 0.0238. The second-order valence-electron chi connectivity index (χ2n) is 8.89. The van der Waals surface area contributed by atoms with Crippen LogP contribution in [0.2, 0.25) is 5.02 Å². The number of hydrogen-bond acceptors (Lipinski definition) is 5. The Balaban J connectivity index is 1.46. The van der Waals surface area contributed by atoms with E-state index in [-0.39, 0.29) is 23.8 Å². The number of thioether (sulfide) groups is 1. The average molecular weight is 551 g/mol. The lowest BCUT2D eigenvalue weighted by Crippen LogP contribution is -2.31. The van der Waals surface area contributed by atoms with Crippen LogP contribution in [0.3, 0.4) is 0 Å². The van der Waals surface area contributed by atoms with Crippen LogP contribution in [0.25, 0.3) is 11.1 Å². The van der Waals surface area contributed by atoms with E-state index in [0.717, 1.165) is 22.3 Å². The highest BCUT2D eigenvalue weighted by Crippen LogP contribution is 2.23. The van der Waals surface area contributed by atoms with Crippen LogP contribution in [-0.2, 0) is 30.1 Å². The molecule has 9 heteroatoms. The fourth-order valence-corrected chi connectivity index (χ4v) is 4.92. The Kier molecular flexibility index (Phi) is 9.33. The SMILES string of the molecule is CN(Cc1ccc(-c2ccc(Cl)cc2)cc1)C(=O)Cn1cc(CCN)c(=O)nc1SCc1ccc(F)cc1. The highest BCUT2D eigenvalue weighted by Gasteiger charge is 2.15. The maximum Gasteiger partial charge on any atom is 0.276 e. The molecule has 0 fully saturated rings. The molecule has 4 rings (SSSR count). The summed E-state index contributed by atoms with van der Waals surface area (Å²) in [5.74, 6) is 0.0418. The molecule has 0 bridgehead atoms. The molecule has 1 heterocycles. The lowest BCUT2D eigenvalue weighted by atomic mass is 10.0. The number of carbonyl (C=O) groups is 1. The number of carbonyl (C=O) groups excluding carboxylic acids is 1. The summed E-state index contributed by atoms with van der Waals surface area (Å²) < 4.78 is 14.9. The quantitative estimate of drug-likeness (QED) is 0.218. The summed E-state index contributed by atoms with van der Waals surface area (Å²) in [6.45, 7) is 0.760. The Morgan fingerprint density at radius 1 is 1.00 bits per heavy atom. The van der Waals surface area contributed by atoms with E-state index in [0.29, 0.717) is 41.0 Å². The Morgan fingerprint density at radius 2 is 1.61 bits per heavy atom. The molecule has 196 valence electrons. The van der Waals surface area contributed by atoms with Gasteiger partial charge < -0.3 is 15.2 Å². The van der Waals surface area contributed by atoms with Crippen molar-refractivity contribution in [2.75, 3.05) is 13.6 Å². The van der Waals surface area contributed by atoms with Crippen molar-refractivity contribution >= 4 is 29.3 Å². The van der Waals surface area contributed by atoms with Gasteiger partial charge in [-0.2, -0.15) is 4.98 Å². The van der Waals surface area contributed by atoms with Gasteiger partial charge in [-0.05, 0) is 59.5 Å². The van der Waals surface area contributed by atoms with E-state index in [1.165, 1.54) is 23.9 Å². The fourth-order valence-electron chi connectivity index (χ4n) is 3.88. The number of amides is 1. The molecule has 2 N–H and O–H groups in total. The number of nitrogens with two attached hydrogens (primary N) is 1. The van der Waals surface area contributed by atoms with E-state index in [9.17, 15) is 14.0 Å². The summed E-state index contributed by atoms with van der Waals surface area (Å²) >= 11 is 7.31. The maximum absolute atomic E-state index is 13.2. The predicted octanol–water partition coefficient (Wildman–Crippen LogP) is 5.15. The molecule has 0 aliphatic rings. The standard InChI is InChI=1S/C29H28ClFN4O2S/c1-34(16-20-2-6-22(7-3-20)23-8-10-25(30)11-9-23)27(36)18-35-17-24(14-15-32)28(37)33-29(35)38-19-21-4-12-26(31)13-5-21/h2-13,17H,14-16,18-19,32H2,1H3. The Labute approximate surface area is 230 Å². The third-order valence-corrected chi connectivity index (χ3v) is 7.32. The first kappa shape index (κ1) is 27.6. The number of rotatable bonds is 10. The molecule has 0 aliphatic carbocycles. The van der Waals surface area contributed by atoms with Gasteiger partial charge in [-0.15, -0.1) is 0 Å². The van der Waals surface area contributed by atoms with Crippen molar-refractivity contribution in [3.05, 3.63) is 117 Å². The molecular weight excluding hydrogens is 523 g/mol. The number of hydrogen-bond donors (Lipinski definition) is 1. The van der Waals surface area contributed by atoms with E-state index in [1.807, 2.05) is 48.5 Å². The topological polar surface area (TPSA) is 81.2 Å². The normalized spacial score (nSPS) is 10.9. The summed E-state index contributed by atoms with van der Waals surface area (Å²) in [5.41, 5.74) is 9.78. The van der Waals surface area contributed by atoms with Gasteiger partial charge >= 0.3 is 0 Å². The largest absolute Gasteiger partial charge is 0.340 e. The van der Waals surface area contributed by atoms with Crippen molar-refractivity contribution < 1.29 is 9.18 Å². The molecule has 38 heavy (non-hydrogen) atoms. The molecule has 0 spiro atoms. The second-order valence-corrected chi connectivity index (χ2v) is 10.3. The van der Waals surface area contributed by atoms with Crippen LogP contribution in [-0.4, -0.2) is 34.0 Å². The van der Waals surface area contributed by atoms with Crippen LogP contribution in [0.1, 0.15) is 16.7 Å². The number of nitrogens with zero attached hydrogens (tertiary/aromatic N) is 3. The lowest BCUT2D eigenvalue weighted by Gasteiger charge is -2.20. The third kappa shape index (κ3) is 7.31. The molecule has 6 nitrogen and oxygen atoms in total. The summed E-state index contributed by atoms with van der Waals surface area (Å²) in [7, 11) is 1.75. The first-order chi connectivity index (χ1) is 18.3. The van der Waals surface area contributed by atoms with E-state index in [4.69, 9.17) is 17.3 Å². The van der Waals surface area contributed by atoms with Gasteiger partial charge in [0.25, 0.3) is 5.56 Å². The van der Waals surface area contributed by atoms with Crippen LogP contribution >= 0.6 is 23.4 Å². The summed E-state index contributed by atoms with van der Waals surface area (Å²) in [6, 6.07) is 21.8. The third-order valence-electron chi connectivity index (χ3n) is 6.01. The van der Waals surface area contributed by atoms with Gasteiger partial charge in [0.15, 0.2) is 5.16 Å². The van der Waals surface area contributed by atoms with Gasteiger partial charge in [-0.3, -0.25) is 9.59 Å². The second kappa shape index (κ2) is 12.9. The summed E-state index contributed by atoms with van der Waals surface area (Å²) in [5, 5.41) is 1.12. The van der Waals surface area contributed by atoms with Crippen molar-refractivity contribution in [2.24, 2.45) is 5.73 Å². The van der Waals surface area contributed by atoms with Gasteiger partial charge in [0.05, 0.1) is 0 Å². The smallest absolute Gasteiger partial charge is 0.276 e. The van der Waals surface area contributed by atoms with E-state index in [2.05, 4.69) is 4.98 Å². The molecule has 1 aromatic heterocycles. The zero-order chi connectivity index (χ0) is 27.1. The van der Waals surface area contributed by atoms with Crippen molar-refractivity contribution in [1.29, 1.82) is 0 Å². The molecule has 0 unspecified atom stereocenters. The van der Waals surface area contributed by atoms with E-state index in [1.54, 1.807) is 34.8 Å². The van der Waals surface area contributed by atoms with Crippen LogP contribution < -0.4 is 11.3 Å². The predicted molar refractivity (Wildman–Crippen MR) is 151 cm³/mol. The highest BCUT2D eigenvalue weighted by molar-refractivity contribution is 7.98. The molecule has 3 aromatic carbocycles. The minimum Gasteiger partial charge on any atom is -0.340 e. The Hall–Kier alpha value is -3.46. The van der Waals surface area contributed by atoms with Crippen molar-refractivity contribution in [1.82, 2.24) is 14.5 Å². The van der Waals surface area contributed by atoms with Crippen molar-refractivity contribution in [3.63, 3.8) is 0 Å². The van der Waals surface area contributed by atoms with Crippen LogP contribution in [0.15, 0.2) is 88.9 Å². The maximum atomic E-state index is 13.2. The van der Waals surface area contributed by atoms with E-state index >= 15 is 0 Å². The number of aromatic nitrogens is 2. The van der Waals surface area contributed by atoms with E-state index < -0.39 is 0 Å². The van der Waals surface area contributed by atoms with Crippen molar-refractivity contribution in [3.8, 4) is 11.1 Å².